The van der Waals surface area contributed by atoms with Gasteiger partial charge in [0.25, 0.3) is 0 Å². The number of hydrogen-bond donors (Lipinski definition) is 0. The number of aldehydes is 1. The van der Waals surface area contributed by atoms with Crippen molar-refractivity contribution in [1.29, 1.82) is 0 Å². The first-order chi connectivity index (χ1) is 13.9. The zero-order valence-electron chi connectivity index (χ0n) is 17.3. The number of esters is 1. The van der Waals surface area contributed by atoms with Gasteiger partial charge in [0.1, 0.15) is 17.3 Å². The lowest BCUT2D eigenvalue weighted by molar-refractivity contribution is -0.144. The number of nitrogens with zero attached hydrogens (tertiary/aromatic N) is 2. The van der Waals surface area contributed by atoms with Crippen molar-refractivity contribution in [1.82, 2.24) is 9.55 Å². The highest BCUT2D eigenvalue weighted by Gasteiger charge is 2.19. The zero-order valence-corrected chi connectivity index (χ0v) is 17.3. The predicted octanol–water partition coefficient (Wildman–Crippen LogP) is 4.48. The van der Waals surface area contributed by atoms with E-state index in [2.05, 4.69) is 31.0 Å². The van der Waals surface area contributed by atoms with Crippen LogP contribution in [-0.2, 0) is 16.3 Å². The molecule has 6 heteroatoms. The molecule has 0 atom stereocenters. The highest BCUT2D eigenvalue weighted by Crippen LogP contribution is 2.37. The molecule has 0 aliphatic carbocycles. The summed E-state index contributed by atoms with van der Waals surface area (Å²) >= 11 is 0. The molecule has 3 rings (SSSR count). The van der Waals surface area contributed by atoms with Crippen LogP contribution in [0.2, 0.25) is 0 Å². The number of hydrogen-bond acceptors (Lipinski definition) is 5. The predicted molar refractivity (Wildman–Crippen MR) is 111 cm³/mol. The third kappa shape index (κ3) is 3.92. The number of carbonyl (C=O) groups excluding carboxylic acids is 2. The van der Waals surface area contributed by atoms with Gasteiger partial charge in [-0.25, -0.2) is 4.98 Å². The first kappa shape index (κ1) is 20.3. The van der Waals surface area contributed by atoms with Gasteiger partial charge in [0, 0.05) is 23.7 Å². The summed E-state index contributed by atoms with van der Waals surface area (Å²) in [7, 11) is 1.64. The molecule has 0 bridgehead atoms. The van der Waals surface area contributed by atoms with Gasteiger partial charge in [-0.05, 0) is 55.7 Å². The summed E-state index contributed by atoms with van der Waals surface area (Å²) in [5, 5.41) is 0. The highest BCUT2D eigenvalue weighted by molar-refractivity contribution is 5.81. The van der Waals surface area contributed by atoms with E-state index in [1.165, 1.54) is 6.92 Å². The lowest BCUT2D eigenvalue weighted by Crippen LogP contribution is -2.09. The van der Waals surface area contributed by atoms with Gasteiger partial charge in [0.05, 0.1) is 7.11 Å². The fraction of sp³-hybridized carbons (Fsp3) is 0.261. The molecule has 0 amide bonds. The molecule has 0 saturated heterocycles. The van der Waals surface area contributed by atoms with Crippen LogP contribution in [0.1, 0.15) is 34.2 Å². The molecule has 1 aromatic heterocycles. The van der Waals surface area contributed by atoms with Crippen molar-refractivity contribution in [3.05, 3.63) is 58.9 Å². The van der Waals surface area contributed by atoms with Crippen LogP contribution in [0.5, 0.6) is 5.75 Å². The van der Waals surface area contributed by atoms with Crippen LogP contribution in [0, 0.1) is 20.8 Å². The number of rotatable bonds is 6. The molecule has 0 fully saturated rings. The van der Waals surface area contributed by atoms with E-state index in [9.17, 15) is 9.59 Å². The van der Waals surface area contributed by atoms with E-state index >= 15 is 0 Å². The third-order valence-electron chi connectivity index (χ3n) is 4.97. The van der Waals surface area contributed by atoms with Gasteiger partial charge in [-0.2, -0.15) is 0 Å². The van der Waals surface area contributed by atoms with Crippen LogP contribution < -0.4 is 4.74 Å². The van der Waals surface area contributed by atoms with Gasteiger partial charge < -0.3 is 9.47 Å². The minimum absolute atomic E-state index is 0.0118. The lowest BCUT2D eigenvalue weighted by Gasteiger charge is -2.16. The molecule has 29 heavy (non-hydrogen) atoms. The number of aromatic nitrogens is 2. The second kappa shape index (κ2) is 8.31. The Morgan fingerprint density at radius 1 is 1.14 bits per heavy atom. The molecule has 0 aliphatic heterocycles. The number of ether oxygens (including phenoxy) is 2. The maximum absolute atomic E-state index is 11.4. The molecular formula is C23H24N2O4. The van der Waals surface area contributed by atoms with Crippen molar-refractivity contribution < 1.29 is 19.1 Å². The maximum Gasteiger partial charge on any atom is 0.304 e. The van der Waals surface area contributed by atoms with Crippen LogP contribution in [0.15, 0.2) is 36.4 Å². The number of benzene rings is 2. The van der Waals surface area contributed by atoms with Crippen LogP contribution in [-0.4, -0.2) is 28.9 Å². The van der Waals surface area contributed by atoms with E-state index in [1.54, 1.807) is 18.6 Å². The SMILES string of the molecule is COc1ccc(-c2nc(C=O)c(C)n2COC(C)=O)cc1-c1c(C)cccc1C. The minimum atomic E-state index is -0.400. The molecule has 0 aliphatic rings. The monoisotopic (exact) mass is 392 g/mol. The van der Waals surface area contributed by atoms with Crippen molar-refractivity contribution in [2.24, 2.45) is 0 Å². The van der Waals surface area contributed by atoms with E-state index in [-0.39, 0.29) is 6.73 Å². The van der Waals surface area contributed by atoms with Gasteiger partial charge in [0.2, 0.25) is 0 Å². The molecule has 1 heterocycles. The van der Waals surface area contributed by atoms with Gasteiger partial charge in [0.15, 0.2) is 13.0 Å². The third-order valence-corrected chi connectivity index (χ3v) is 4.97. The second-order valence-electron chi connectivity index (χ2n) is 6.90. The molecule has 0 unspecified atom stereocenters. The summed E-state index contributed by atoms with van der Waals surface area (Å²) in [6, 6.07) is 11.9. The summed E-state index contributed by atoms with van der Waals surface area (Å²) in [6.07, 6.45) is 0.707. The zero-order chi connectivity index (χ0) is 21.1. The number of aryl methyl sites for hydroxylation is 2. The molecule has 0 spiro atoms. The molecule has 6 nitrogen and oxygen atoms in total. The van der Waals surface area contributed by atoms with E-state index in [1.807, 2.05) is 24.3 Å². The summed E-state index contributed by atoms with van der Waals surface area (Å²) in [6.45, 7) is 7.23. The molecule has 3 aromatic rings. The van der Waals surface area contributed by atoms with Gasteiger partial charge in [-0.15, -0.1) is 0 Å². The molecule has 0 N–H and O–H groups in total. The molecule has 0 radical (unpaired) electrons. The van der Waals surface area contributed by atoms with Gasteiger partial charge >= 0.3 is 5.97 Å². The first-order valence-electron chi connectivity index (χ1n) is 9.28. The van der Waals surface area contributed by atoms with E-state index in [4.69, 9.17) is 9.47 Å². The number of methoxy groups -OCH3 is 1. The fourth-order valence-corrected chi connectivity index (χ4v) is 3.48. The van der Waals surface area contributed by atoms with Crippen molar-refractivity contribution in [3.8, 4) is 28.3 Å². The Morgan fingerprint density at radius 3 is 2.41 bits per heavy atom. The molecule has 2 aromatic carbocycles. The average molecular weight is 392 g/mol. The smallest absolute Gasteiger partial charge is 0.304 e. The fourth-order valence-electron chi connectivity index (χ4n) is 3.48. The van der Waals surface area contributed by atoms with Crippen LogP contribution in [0.3, 0.4) is 0 Å². The largest absolute Gasteiger partial charge is 0.496 e. The lowest BCUT2D eigenvalue weighted by atomic mass is 9.93. The summed E-state index contributed by atoms with van der Waals surface area (Å²) < 4.78 is 12.5. The first-order valence-corrected chi connectivity index (χ1v) is 9.28. The summed E-state index contributed by atoms with van der Waals surface area (Å²) in [5.41, 5.74) is 6.05. The molecule has 150 valence electrons. The topological polar surface area (TPSA) is 70.4 Å². The quantitative estimate of drug-likeness (QED) is 0.457. The standard InChI is InChI=1S/C23H24N2O4/c1-14-7-6-8-15(2)22(14)19-11-18(9-10-21(19)28-5)23-24-20(12-26)16(3)25(23)13-29-17(4)27/h6-12H,13H2,1-5H3. The van der Waals surface area contributed by atoms with Crippen molar-refractivity contribution >= 4 is 12.3 Å². The van der Waals surface area contributed by atoms with Crippen LogP contribution >= 0.6 is 0 Å². The maximum atomic E-state index is 11.4. The second-order valence-corrected chi connectivity index (χ2v) is 6.90. The Balaban J connectivity index is 2.21. The van der Waals surface area contributed by atoms with Gasteiger partial charge in [-0.3, -0.25) is 14.2 Å². The van der Waals surface area contributed by atoms with Gasteiger partial charge in [-0.1, -0.05) is 18.2 Å². The van der Waals surface area contributed by atoms with E-state index < -0.39 is 5.97 Å². The highest BCUT2D eigenvalue weighted by atomic mass is 16.5. The van der Waals surface area contributed by atoms with Crippen molar-refractivity contribution in [3.63, 3.8) is 0 Å². The molecule has 0 saturated carbocycles. The van der Waals surface area contributed by atoms with Crippen LogP contribution in [0.4, 0.5) is 0 Å². The normalized spacial score (nSPS) is 10.7. The molecular weight excluding hydrogens is 368 g/mol. The Morgan fingerprint density at radius 2 is 1.83 bits per heavy atom. The van der Waals surface area contributed by atoms with E-state index in [0.29, 0.717) is 23.5 Å². The van der Waals surface area contributed by atoms with Crippen LogP contribution in [0.25, 0.3) is 22.5 Å². The summed E-state index contributed by atoms with van der Waals surface area (Å²) in [4.78, 5) is 27.2. The van der Waals surface area contributed by atoms with Crippen molar-refractivity contribution in [2.75, 3.05) is 7.11 Å². The Hall–Kier alpha value is -3.41. The van der Waals surface area contributed by atoms with Crippen molar-refractivity contribution in [2.45, 2.75) is 34.4 Å². The Kier molecular flexibility index (Phi) is 5.82. The average Bonchev–Trinajstić information content (AvgIpc) is 3.01. The number of imidazole rings is 1. The number of carbonyl (C=O) groups is 2. The van der Waals surface area contributed by atoms with E-state index in [0.717, 1.165) is 33.6 Å². The minimum Gasteiger partial charge on any atom is -0.496 e. The Labute approximate surface area is 170 Å². The summed E-state index contributed by atoms with van der Waals surface area (Å²) in [5.74, 6) is 0.903. The Bertz CT molecular complexity index is 1060.